The van der Waals surface area contributed by atoms with Gasteiger partial charge in [0.15, 0.2) is 0 Å². The fourth-order valence-corrected chi connectivity index (χ4v) is 0.474. The Bertz CT molecular complexity index is 62.3. The summed E-state index contributed by atoms with van der Waals surface area (Å²) in [5.74, 6) is 0. The van der Waals surface area contributed by atoms with E-state index in [-0.39, 0.29) is 0 Å². The number of unbranched alkanes of at least 4 members (excludes halogenated alkanes) is 1. The molecule has 0 rings (SSSR count). The first-order valence-electron chi connectivity index (χ1n) is 3.58. The maximum Gasteiger partial charge on any atom is -0.00249 e. The Morgan fingerprint density at radius 3 is 2.00 bits per heavy atom. The molecule has 1 nitrogen and oxygen atoms in total. The average molecular weight is 161 g/mol. The molecule has 0 amide bonds. The van der Waals surface area contributed by atoms with Crippen molar-refractivity contribution in [3.63, 3.8) is 0 Å². The maximum atomic E-state index is 3.55. The van der Waals surface area contributed by atoms with E-state index < -0.39 is 0 Å². The second-order valence-electron chi connectivity index (χ2n) is 2.34. The van der Waals surface area contributed by atoms with E-state index in [1.807, 2.05) is 0 Å². The van der Waals surface area contributed by atoms with Crippen LogP contribution in [0.15, 0.2) is 12.0 Å². The molecule has 0 spiro atoms. The first-order chi connectivity index (χ1) is 4.68. The van der Waals surface area contributed by atoms with Crippen molar-refractivity contribution in [1.82, 2.24) is 4.90 Å². The molecule has 0 aromatic rings. The van der Waals surface area contributed by atoms with E-state index >= 15 is 0 Å². The van der Waals surface area contributed by atoms with Gasteiger partial charge in [0.05, 0.1) is 0 Å². The van der Waals surface area contributed by atoms with Gasteiger partial charge < -0.3 is 4.90 Å². The highest BCUT2D eigenvalue weighted by Crippen LogP contribution is 1.86. The molecule has 0 bridgehead atoms. The topological polar surface area (TPSA) is 3.24 Å². The van der Waals surface area contributed by atoms with Gasteiger partial charge in [0.2, 0.25) is 0 Å². The number of rotatable bonds is 3. The molecule has 0 aliphatic rings. The van der Waals surface area contributed by atoms with Gasteiger partial charge in [-0.2, -0.15) is 12.6 Å². The van der Waals surface area contributed by atoms with Gasteiger partial charge >= 0.3 is 0 Å². The predicted molar refractivity (Wildman–Crippen MR) is 52.6 cm³/mol. The maximum absolute atomic E-state index is 3.55. The molecule has 62 valence electrons. The van der Waals surface area contributed by atoms with Gasteiger partial charge in [-0.05, 0) is 32.5 Å². The Balaban J connectivity index is 0. The number of hydrogen-bond acceptors (Lipinski definition) is 2. The summed E-state index contributed by atoms with van der Waals surface area (Å²) in [4.78, 5) is 2.21. The van der Waals surface area contributed by atoms with Gasteiger partial charge in [0.25, 0.3) is 0 Å². The molecule has 2 heteroatoms. The second kappa shape index (κ2) is 11.8. The molecule has 0 heterocycles. The van der Waals surface area contributed by atoms with Crippen molar-refractivity contribution in [2.75, 3.05) is 20.6 Å². The summed E-state index contributed by atoms with van der Waals surface area (Å²) in [7, 11) is 4.21. The molecule has 0 radical (unpaired) electrons. The molecule has 0 saturated heterocycles. The van der Waals surface area contributed by atoms with Crippen molar-refractivity contribution in [1.29, 1.82) is 0 Å². The van der Waals surface area contributed by atoms with Crippen LogP contribution >= 0.6 is 12.6 Å². The van der Waals surface area contributed by atoms with Crippen LogP contribution in [0.1, 0.15) is 19.8 Å². The summed E-state index contributed by atoms with van der Waals surface area (Å²) in [6.45, 7) is 6.67. The second-order valence-corrected chi connectivity index (χ2v) is 2.70. The third kappa shape index (κ3) is 24.4. The van der Waals surface area contributed by atoms with E-state index in [0.717, 1.165) is 0 Å². The molecule has 0 aliphatic heterocycles. The quantitative estimate of drug-likeness (QED) is 0.622. The molecule has 0 aliphatic carbocycles. The zero-order valence-electron chi connectivity index (χ0n) is 7.30. The summed E-state index contributed by atoms with van der Waals surface area (Å²) >= 11 is 3.55. The van der Waals surface area contributed by atoms with Gasteiger partial charge in [-0.1, -0.05) is 19.9 Å². The van der Waals surface area contributed by atoms with Crippen LogP contribution in [0.5, 0.6) is 0 Å². The van der Waals surface area contributed by atoms with Crippen molar-refractivity contribution in [3.8, 4) is 0 Å². The Morgan fingerprint density at radius 1 is 1.50 bits per heavy atom. The lowest BCUT2D eigenvalue weighted by atomic mass is 10.3. The molecule has 0 N–H and O–H groups in total. The van der Waals surface area contributed by atoms with E-state index in [0.29, 0.717) is 0 Å². The highest BCUT2D eigenvalue weighted by Gasteiger charge is 1.83. The third-order valence-electron chi connectivity index (χ3n) is 0.959. The molecule has 10 heavy (non-hydrogen) atoms. The average Bonchev–Trinajstić information content (AvgIpc) is 1.85. The van der Waals surface area contributed by atoms with E-state index in [1.54, 1.807) is 0 Å². The summed E-state index contributed by atoms with van der Waals surface area (Å²) in [6.07, 6.45) is 2.63. The van der Waals surface area contributed by atoms with Crippen LogP contribution in [-0.2, 0) is 0 Å². The van der Waals surface area contributed by atoms with E-state index in [1.165, 1.54) is 24.8 Å². The molecule has 0 atom stereocenters. The summed E-state index contributed by atoms with van der Waals surface area (Å²) in [5.41, 5.74) is 0. The summed E-state index contributed by atoms with van der Waals surface area (Å²) < 4.78 is 0. The van der Waals surface area contributed by atoms with Gasteiger partial charge in [0, 0.05) is 0 Å². The first kappa shape index (κ1) is 12.7. The lowest BCUT2D eigenvalue weighted by molar-refractivity contribution is 0.398. The van der Waals surface area contributed by atoms with Gasteiger partial charge in [0.1, 0.15) is 0 Å². The fraction of sp³-hybridized carbons (Fsp3) is 0.750. The monoisotopic (exact) mass is 161 g/mol. The zero-order chi connectivity index (χ0) is 8.41. The highest BCUT2D eigenvalue weighted by atomic mass is 32.1. The van der Waals surface area contributed by atoms with E-state index in [2.05, 4.69) is 45.1 Å². The van der Waals surface area contributed by atoms with Crippen molar-refractivity contribution < 1.29 is 0 Å². The minimum atomic E-state index is 1.23. The zero-order valence-corrected chi connectivity index (χ0v) is 8.19. The smallest absolute Gasteiger partial charge is 0.00249 e. The molecule has 0 aromatic carbocycles. The molecule has 0 aromatic heterocycles. The first-order valence-corrected chi connectivity index (χ1v) is 4.10. The van der Waals surface area contributed by atoms with Crippen molar-refractivity contribution in [2.45, 2.75) is 19.8 Å². The Kier molecular flexibility index (Phi) is 15.0. The number of thiol groups is 1. The number of nitrogens with zero attached hydrogens (tertiary/aromatic N) is 1. The minimum Gasteiger partial charge on any atom is -0.309 e. The molecular formula is C8H19NS. The van der Waals surface area contributed by atoms with Crippen LogP contribution in [0, 0.1) is 0 Å². The molecule has 0 fully saturated rings. The standard InChI is InChI=1S/C6H15N.C2H4S/c1-4-5-6-7(2)3;1-2-3/h4-6H2,1-3H3;2-3H,1H2. The Hall–Kier alpha value is 0.0500. The van der Waals surface area contributed by atoms with Crippen LogP contribution in [0.4, 0.5) is 0 Å². The van der Waals surface area contributed by atoms with Crippen LogP contribution in [-0.4, -0.2) is 25.5 Å². The SMILES string of the molecule is C=CS.CCCCN(C)C. The van der Waals surface area contributed by atoms with Crippen molar-refractivity contribution in [3.05, 3.63) is 12.0 Å². The van der Waals surface area contributed by atoms with E-state index in [4.69, 9.17) is 0 Å². The van der Waals surface area contributed by atoms with Crippen LogP contribution in [0.2, 0.25) is 0 Å². The minimum absolute atomic E-state index is 1.23. The van der Waals surface area contributed by atoms with Gasteiger partial charge in [-0.3, -0.25) is 0 Å². The van der Waals surface area contributed by atoms with Crippen LogP contribution in [0.25, 0.3) is 0 Å². The normalized spacial score (nSPS) is 8.50. The van der Waals surface area contributed by atoms with Gasteiger partial charge in [-0.25, -0.2) is 0 Å². The van der Waals surface area contributed by atoms with Gasteiger partial charge in [-0.15, -0.1) is 0 Å². The molecule has 0 unspecified atom stereocenters. The fourth-order valence-electron chi connectivity index (χ4n) is 0.474. The number of hydrogen-bond donors (Lipinski definition) is 1. The largest absolute Gasteiger partial charge is 0.309 e. The van der Waals surface area contributed by atoms with Crippen LogP contribution in [0.3, 0.4) is 0 Å². The summed E-state index contributed by atoms with van der Waals surface area (Å²) in [5, 5.41) is 1.44. The van der Waals surface area contributed by atoms with E-state index in [9.17, 15) is 0 Å². The highest BCUT2D eigenvalue weighted by molar-refractivity contribution is 7.83. The van der Waals surface area contributed by atoms with Crippen molar-refractivity contribution in [2.24, 2.45) is 0 Å². The van der Waals surface area contributed by atoms with Crippen LogP contribution < -0.4 is 0 Å². The predicted octanol–water partition coefficient (Wildman–Crippen LogP) is 2.41. The molecular weight excluding hydrogens is 142 g/mol. The lowest BCUT2D eigenvalue weighted by Gasteiger charge is -2.05. The van der Waals surface area contributed by atoms with Crippen molar-refractivity contribution >= 4 is 12.6 Å². The Labute approximate surface area is 70.5 Å². The lowest BCUT2D eigenvalue weighted by Crippen LogP contribution is -2.12. The molecule has 0 saturated carbocycles. The Morgan fingerprint density at radius 2 is 1.90 bits per heavy atom. The third-order valence-corrected chi connectivity index (χ3v) is 0.959. The summed E-state index contributed by atoms with van der Waals surface area (Å²) in [6, 6.07) is 0.